The topological polar surface area (TPSA) is 124 Å². The summed E-state index contributed by atoms with van der Waals surface area (Å²) in [4.78, 5) is 25.2. The van der Waals surface area contributed by atoms with Crippen molar-refractivity contribution in [2.24, 2.45) is 0 Å². The van der Waals surface area contributed by atoms with Gasteiger partial charge in [0.1, 0.15) is 17.0 Å². The zero-order valence-corrected chi connectivity index (χ0v) is 14.4. The zero-order valence-electron chi connectivity index (χ0n) is 14.4. The number of anilines is 1. The molecular formula is C19H14N6O2. The second-order valence-electron chi connectivity index (χ2n) is 6.01. The number of furan rings is 1. The highest BCUT2D eigenvalue weighted by molar-refractivity contribution is 5.86. The van der Waals surface area contributed by atoms with E-state index in [0.29, 0.717) is 28.2 Å². The number of rotatable bonds is 3. The van der Waals surface area contributed by atoms with Gasteiger partial charge in [0.2, 0.25) is 5.95 Å². The van der Waals surface area contributed by atoms with Crippen LogP contribution >= 0.6 is 0 Å². The van der Waals surface area contributed by atoms with E-state index in [4.69, 9.17) is 15.4 Å². The lowest BCUT2D eigenvalue weighted by molar-refractivity contribution is 0.547. The van der Waals surface area contributed by atoms with Gasteiger partial charge in [-0.25, -0.2) is 9.97 Å². The first-order valence-electron chi connectivity index (χ1n) is 8.14. The lowest BCUT2D eigenvalue weighted by Crippen LogP contribution is -2.22. The summed E-state index contributed by atoms with van der Waals surface area (Å²) in [6.45, 7) is 2.04. The van der Waals surface area contributed by atoms with Gasteiger partial charge in [-0.2, -0.15) is 10.2 Å². The Labute approximate surface area is 153 Å². The lowest BCUT2D eigenvalue weighted by Gasteiger charge is -2.11. The fourth-order valence-electron chi connectivity index (χ4n) is 2.87. The number of hydrogen-bond donors (Lipinski definition) is 1. The van der Waals surface area contributed by atoms with E-state index < -0.39 is 0 Å². The van der Waals surface area contributed by atoms with Crippen LogP contribution in [0.3, 0.4) is 0 Å². The predicted molar refractivity (Wildman–Crippen MR) is 98.7 cm³/mol. The van der Waals surface area contributed by atoms with Crippen molar-refractivity contribution >= 4 is 17.1 Å². The van der Waals surface area contributed by atoms with Crippen LogP contribution in [0.2, 0.25) is 0 Å². The fourth-order valence-corrected chi connectivity index (χ4v) is 2.87. The summed E-state index contributed by atoms with van der Waals surface area (Å²) in [6, 6.07) is 12.7. The van der Waals surface area contributed by atoms with Crippen molar-refractivity contribution in [1.29, 1.82) is 5.26 Å². The lowest BCUT2D eigenvalue weighted by atomic mass is 10.1. The number of fused-ring (bicyclic) bond motifs is 1. The van der Waals surface area contributed by atoms with Crippen molar-refractivity contribution in [3.05, 3.63) is 69.8 Å². The van der Waals surface area contributed by atoms with Crippen LogP contribution in [0, 0.1) is 18.3 Å². The van der Waals surface area contributed by atoms with Crippen LogP contribution < -0.4 is 11.3 Å². The molecule has 0 aliphatic carbocycles. The standard InChI is InChI=1S/C19H14N6O2/c1-11-5-6-14(27-11)16-17-18(24-19(21)23-16)25(15(26)9-22-17)10-13-4-2-3-12(7-13)8-20/h2-7,9H,10H2,1H3,(H2,21,23,24). The van der Waals surface area contributed by atoms with Crippen molar-refractivity contribution in [1.82, 2.24) is 19.5 Å². The number of aromatic nitrogens is 4. The largest absolute Gasteiger partial charge is 0.460 e. The Bertz CT molecular complexity index is 1270. The number of aryl methyl sites for hydroxylation is 1. The second-order valence-corrected chi connectivity index (χ2v) is 6.01. The molecule has 0 bridgehead atoms. The number of nitrogens with two attached hydrogens (primary N) is 1. The molecule has 0 aliphatic rings. The number of nitriles is 1. The van der Waals surface area contributed by atoms with Crippen molar-refractivity contribution in [2.75, 3.05) is 5.73 Å². The highest BCUT2D eigenvalue weighted by Crippen LogP contribution is 2.26. The third-order valence-corrected chi connectivity index (χ3v) is 4.08. The van der Waals surface area contributed by atoms with Crippen LogP contribution in [-0.4, -0.2) is 19.5 Å². The monoisotopic (exact) mass is 358 g/mol. The van der Waals surface area contributed by atoms with Crippen molar-refractivity contribution in [3.8, 4) is 17.5 Å². The Morgan fingerprint density at radius 1 is 1.26 bits per heavy atom. The number of benzene rings is 1. The Balaban J connectivity index is 1.93. The summed E-state index contributed by atoms with van der Waals surface area (Å²) in [5, 5.41) is 9.08. The van der Waals surface area contributed by atoms with Crippen LogP contribution in [0.4, 0.5) is 5.95 Å². The molecule has 8 heteroatoms. The average molecular weight is 358 g/mol. The molecule has 0 radical (unpaired) electrons. The first-order chi connectivity index (χ1) is 13.0. The van der Waals surface area contributed by atoms with Gasteiger partial charge in [-0.3, -0.25) is 9.36 Å². The van der Waals surface area contributed by atoms with E-state index in [0.717, 1.165) is 11.3 Å². The Morgan fingerprint density at radius 3 is 2.85 bits per heavy atom. The molecule has 0 atom stereocenters. The molecule has 4 rings (SSSR count). The average Bonchev–Trinajstić information content (AvgIpc) is 3.10. The summed E-state index contributed by atoms with van der Waals surface area (Å²) in [7, 11) is 0. The van der Waals surface area contributed by atoms with Gasteiger partial charge in [0.05, 0.1) is 24.4 Å². The molecule has 0 fully saturated rings. The van der Waals surface area contributed by atoms with Crippen molar-refractivity contribution < 1.29 is 4.42 Å². The van der Waals surface area contributed by atoms with Crippen molar-refractivity contribution in [2.45, 2.75) is 13.5 Å². The molecule has 1 aromatic carbocycles. The van der Waals surface area contributed by atoms with Crippen molar-refractivity contribution in [3.63, 3.8) is 0 Å². The maximum absolute atomic E-state index is 12.5. The molecule has 0 saturated carbocycles. The minimum absolute atomic E-state index is 0.0125. The summed E-state index contributed by atoms with van der Waals surface area (Å²) < 4.78 is 7.10. The molecular weight excluding hydrogens is 344 g/mol. The van der Waals surface area contributed by atoms with Gasteiger partial charge in [0, 0.05) is 0 Å². The number of hydrogen-bond acceptors (Lipinski definition) is 7. The van der Waals surface area contributed by atoms with Gasteiger partial charge in [0.25, 0.3) is 5.56 Å². The first-order valence-corrected chi connectivity index (χ1v) is 8.14. The quantitative estimate of drug-likeness (QED) is 0.595. The zero-order chi connectivity index (χ0) is 19.0. The third-order valence-electron chi connectivity index (χ3n) is 4.08. The molecule has 2 N–H and O–H groups in total. The molecule has 3 aromatic heterocycles. The van der Waals surface area contributed by atoms with E-state index in [-0.39, 0.29) is 18.1 Å². The maximum Gasteiger partial charge on any atom is 0.270 e. The fraction of sp³-hybridized carbons (Fsp3) is 0.105. The normalized spacial score (nSPS) is 10.8. The van der Waals surface area contributed by atoms with Crippen LogP contribution in [0.1, 0.15) is 16.9 Å². The van der Waals surface area contributed by atoms with E-state index in [1.807, 2.05) is 19.1 Å². The molecule has 0 aliphatic heterocycles. The molecule has 0 unspecified atom stereocenters. The predicted octanol–water partition coefficient (Wildman–Crippen LogP) is 2.26. The van der Waals surface area contributed by atoms with Gasteiger partial charge in [-0.1, -0.05) is 12.1 Å². The number of nitrogen functional groups attached to an aromatic ring is 1. The van der Waals surface area contributed by atoms with E-state index >= 15 is 0 Å². The summed E-state index contributed by atoms with van der Waals surface area (Å²) in [5.41, 5.74) is 7.99. The summed E-state index contributed by atoms with van der Waals surface area (Å²) in [5.74, 6) is 1.23. The van der Waals surface area contributed by atoms with Gasteiger partial charge in [-0.05, 0) is 36.8 Å². The van der Waals surface area contributed by atoms with Crippen LogP contribution in [0.5, 0.6) is 0 Å². The van der Waals surface area contributed by atoms with Gasteiger partial charge < -0.3 is 10.2 Å². The Morgan fingerprint density at radius 2 is 2.11 bits per heavy atom. The molecule has 8 nitrogen and oxygen atoms in total. The molecule has 0 saturated heterocycles. The first kappa shape index (κ1) is 16.5. The molecule has 132 valence electrons. The van der Waals surface area contributed by atoms with Gasteiger partial charge in [0.15, 0.2) is 11.4 Å². The maximum atomic E-state index is 12.5. The minimum Gasteiger partial charge on any atom is -0.460 e. The molecule has 3 heterocycles. The molecule has 27 heavy (non-hydrogen) atoms. The van der Waals surface area contributed by atoms with Gasteiger partial charge >= 0.3 is 0 Å². The van der Waals surface area contributed by atoms with E-state index in [1.54, 1.807) is 24.3 Å². The second kappa shape index (κ2) is 6.38. The molecule has 4 aromatic rings. The molecule has 0 spiro atoms. The van der Waals surface area contributed by atoms with E-state index in [2.05, 4.69) is 21.0 Å². The molecule has 0 amide bonds. The summed E-state index contributed by atoms with van der Waals surface area (Å²) in [6.07, 6.45) is 1.22. The van der Waals surface area contributed by atoms with Gasteiger partial charge in [-0.15, -0.1) is 0 Å². The highest BCUT2D eigenvalue weighted by atomic mass is 16.3. The SMILES string of the molecule is Cc1ccc(-c2nc(N)nc3c2ncc(=O)n3Cc2cccc(C#N)c2)o1. The van der Waals surface area contributed by atoms with Crippen LogP contribution in [0.25, 0.3) is 22.6 Å². The van der Waals surface area contributed by atoms with Crippen LogP contribution in [-0.2, 0) is 6.54 Å². The number of nitrogens with zero attached hydrogens (tertiary/aromatic N) is 5. The highest BCUT2D eigenvalue weighted by Gasteiger charge is 2.17. The smallest absolute Gasteiger partial charge is 0.270 e. The van der Waals surface area contributed by atoms with E-state index in [9.17, 15) is 4.79 Å². The van der Waals surface area contributed by atoms with E-state index in [1.165, 1.54) is 10.8 Å². The van der Waals surface area contributed by atoms with Crippen LogP contribution in [0.15, 0.2) is 51.8 Å². The Hall–Kier alpha value is -3.99. The Kier molecular flexibility index (Phi) is 3.90. The summed E-state index contributed by atoms with van der Waals surface area (Å²) >= 11 is 0. The third kappa shape index (κ3) is 3.02. The minimum atomic E-state index is -0.329.